The molecule has 2 N–H and O–H groups in total. The van der Waals surface area contributed by atoms with Gasteiger partial charge in [-0.15, -0.1) is 12.4 Å². The van der Waals surface area contributed by atoms with Crippen molar-refractivity contribution in [2.24, 2.45) is 5.92 Å². The Hall–Kier alpha value is -0.710. The Morgan fingerprint density at radius 1 is 1.21 bits per heavy atom. The zero-order valence-electron chi connectivity index (χ0n) is 13.9. The molecule has 0 radical (unpaired) electrons. The molecule has 0 spiro atoms. The van der Waals surface area contributed by atoms with Gasteiger partial charge in [-0.3, -0.25) is 0 Å². The third kappa shape index (κ3) is 4.27. The zero-order valence-corrected chi connectivity index (χ0v) is 16.4. The Morgan fingerprint density at radius 2 is 1.88 bits per heavy atom. The first-order valence-corrected chi connectivity index (χ1v) is 10.3. The van der Waals surface area contributed by atoms with Gasteiger partial charge in [0.05, 0.1) is 9.79 Å². The highest BCUT2D eigenvalue weighted by Crippen LogP contribution is 2.26. The van der Waals surface area contributed by atoms with Crippen LogP contribution < -0.4 is 10.0 Å². The van der Waals surface area contributed by atoms with Gasteiger partial charge in [0.2, 0.25) is 20.0 Å². The van der Waals surface area contributed by atoms with E-state index >= 15 is 0 Å². The van der Waals surface area contributed by atoms with Gasteiger partial charge in [-0.2, -0.15) is 4.31 Å². The Labute approximate surface area is 150 Å². The van der Waals surface area contributed by atoms with Gasteiger partial charge < -0.3 is 5.32 Å². The monoisotopic (exact) mass is 397 g/mol. The predicted octanol–water partition coefficient (Wildman–Crippen LogP) is 0.555. The van der Waals surface area contributed by atoms with E-state index in [9.17, 15) is 16.8 Å². The molecule has 1 aliphatic rings. The van der Waals surface area contributed by atoms with Crippen molar-refractivity contribution in [3.63, 3.8) is 0 Å². The summed E-state index contributed by atoms with van der Waals surface area (Å²) < 4.78 is 52.9. The maximum atomic E-state index is 12.7. The fraction of sp³-hybridized carbons (Fsp3) is 0.571. The summed E-state index contributed by atoms with van der Waals surface area (Å²) in [7, 11) is -4.01. The number of rotatable bonds is 6. The SMILES string of the molecule is CNCC1CCN(S(=O)(=O)c2ccc(S(=O)(=O)NC)c(C)c2)C1.Cl. The molecule has 0 saturated carbocycles. The van der Waals surface area contributed by atoms with Crippen LogP contribution in [0.1, 0.15) is 12.0 Å². The van der Waals surface area contributed by atoms with Gasteiger partial charge in [0, 0.05) is 13.1 Å². The van der Waals surface area contributed by atoms with Gasteiger partial charge in [0.15, 0.2) is 0 Å². The smallest absolute Gasteiger partial charge is 0.243 e. The van der Waals surface area contributed by atoms with Crippen LogP contribution in [0, 0.1) is 12.8 Å². The zero-order chi connectivity index (χ0) is 17.3. The summed E-state index contributed by atoms with van der Waals surface area (Å²) in [6, 6.07) is 4.12. The quantitative estimate of drug-likeness (QED) is 0.731. The summed E-state index contributed by atoms with van der Waals surface area (Å²) in [5.74, 6) is 0.305. The van der Waals surface area contributed by atoms with Crippen molar-refractivity contribution >= 4 is 32.5 Å². The summed E-state index contributed by atoms with van der Waals surface area (Å²) in [6.07, 6.45) is 0.825. The molecule has 7 nitrogen and oxygen atoms in total. The predicted molar refractivity (Wildman–Crippen MR) is 95.5 cm³/mol. The van der Waals surface area contributed by atoms with Crippen LogP contribution in [0.2, 0.25) is 0 Å². The Kier molecular flexibility index (Phi) is 7.21. The highest BCUT2D eigenvalue weighted by atomic mass is 35.5. The van der Waals surface area contributed by atoms with Crippen molar-refractivity contribution in [2.45, 2.75) is 23.1 Å². The number of aryl methyl sites for hydroxylation is 1. The number of benzene rings is 1. The summed E-state index contributed by atoms with van der Waals surface area (Å²) in [5.41, 5.74) is 0.409. The Bertz CT molecular complexity index is 781. The number of halogens is 1. The molecule has 0 aromatic heterocycles. The molecule has 1 atom stereocenters. The molecule has 1 fully saturated rings. The first-order chi connectivity index (χ1) is 10.7. The molecule has 24 heavy (non-hydrogen) atoms. The molecule has 1 aliphatic heterocycles. The highest BCUT2D eigenvalue weighted by Gasteiger charge is 2.32. The van der Waals surface area contributed by atoms with E-state index in [4.69, 9.17) is 0 Å². The average molecular weight is 398 g/mol. The lowest BCUT2D eigenvalue weighted by Gasteiger charge is -2.17. The first kappa shape index (κ1) is 21.3. The average Bonchev–Trinajstić information content (AvgIpc) is 2.96. The minimum absolute atomic E-state index is 0. The third-order valence-corrected chi connectivity index (χ3v) is 7.52. The van der Waals surface area contributed by atoms with E-state index < -0.39 is 20.0 Å². The first-order valence-electron chi connectivity index (χ1n) is 7.41. The largest absolute Gasteiger partial charge is 0.319 e. The molecule has 1 unspecified atom stereocenters. The number of hydrogen-bond acceptors (Lipinski definition) is 5. The second kappa shape index (κ2) is 8.11. The van der Waals surface area contributed by atoms with Crippen molar-refractivity contribution < 1.29 is 16.8 Å². The molecule has 10 heteroatoms. The van der Waals surface area contributed by atoms with Crippen LogP contribution in [-0.2, 0) is 20.0 Å². The van der Waals surface area contributed by atoms with Crippen LogP contribution in [0.3, 0.4) is 0 Å². The Balaban J connectivity index is 0.00000288. The van der Waals surface area contributed by atoms with E-state index in [-0.39, 0.29) is 22.2 Å². The molecule has 0 bridgehead atoms. The van der Waals surface area contributed by atoms with E-state index in [1.807, 2.05) is 7.05 Å². The summed E-state index contributed by atoms with van der Waals surface area (Å²) in [4.78, 5) is 0.226. The number of hydrogen-bond donors (Lipinski definition) is 2. The van der Waals surface area contributed by atoms with Crippen LogP contribution in [0.5, 0.6) is 0 Å². The maximum absolute atomic E-state index is 12.7. The number of nitrogens with zero attached hydrogens (tertiary/aromatic N) is 1. The summed E-state index contributed by atoms with van der Waals surface area (Å²) in [6.45, 7) is 3.35. The van der Waals surface area contributed by atoms with Crippen molar-refractivity contribution in [3.05, 3.63) is 23.8 Å². The fourth-order valence-corrected chi connectivity index (χ4v) is 5.38. The molecule has 1 heterocycles. The van der Waals surface area contributed by atoms with Crippen molar-refractivity contribution in [3.8, 4) is 0 Å². The summed E-state index contributed by atoms with van der Waals surface area (Å²) in [5, 5.41) is 3.07. The summed E-state index contributed by atoms with van der Waals surface area (Å²) >= 11 is 0. The minimum atomic E-state index is -3.59. The molecule has 2 rings (SSSR count). The third-order valence-electron chi connectivity index (χ3n) is 4.08. The molecular weight excluding hydrogens is 374 g/mol. The molecule has 138 valence electrons. The van der Waals surface area contributed by atoms with E-state index in [1.54, 1.807) is 6.92 Å². The van der Waals surface area contributed by atoms with Gasteiger partial charge in [-0.05, 0) is 63.7 Å². The fourth-order valence-electron chi connectivity index (χ4n) is 2.81. The molecule has 0 aliphatic carbocycles. The highest BCUT2D eigenvalue weighted by molar-refractivity contribution is 7.89. The van der Waals surface area contributed by atoms with Gasteiger partial charge >= 0.3 is 0 Å². The van der Waals surface area contributed by atoms with Crippen molar-refractivity contribution in [1.82, 2.24) is 14.3 Å². The molecular formula is C14H24ClN3O4S2. The number of sulfonamides is 2. The normalized spacial score (nSPS) is 19.2. The van der Waals surface area contributed by atoms with Crippen LogP contribution in [0.15, 0.2) is 28.0 Å². The molecule has 1 saturated heterocycles. The second-order valence-corrected chi connectivity index (χ2v) is 9.50. The molecule has 0 amide bonds. The van der Waals surface area contributed by atoms with Crippen LogP contribution in [0.4, 0.5) is 0 Å². The topological polar surface area (TPSA) is 95.6 Å². The van der Waals surface area contributed by atoms with Crippen molar-refractivity contribution in [1.29, 1.82) is 0 Å². The number of nitrogens with one attached hydrogen (secondary N) is 2. The van der Waals surface area contributed by atoms with Gasteiger partial charge in [0.1, 0.15) is 0 Å². The van der Waals surface area contributed by atoms with E-state index in [0.29, 0.717) is 24.6 Å². The maximum Gasteiger partial charge on any atom is 0.243 e. The lowest BCUT2D eigenvalue weighted by Crippen LogP contribution is -2.30. The molecule has 1 aromatic rings. The lowest BCUT2D eigenvalue weighted by atomic mass is 10.1. The van der Waals surface area contributed by atoms with Crippen LogP contribution >= 0.6 is 12.4 Å². The Morgan fingerprint density at radius 3 is 2.42 bits per heavy atom. The standard InChI is InChI=1S/C14H23N3O4S2.ClH/c1-11-8-13(4-5-14(11)22(18,19)16-3)23(20,21)17-7-6-12(10-17)9-15-2;/h4-5,8,12,15-16H,6-7,9-10H2,1-3H3;1H. The van der Waals surface area contributed by atoms with Crippen LogP contribution in [0.25, 0.3) is 0 Å². The minimum Gasteiger partial charge on any atom is -0.319 e. The van der Waals surface area contributed by atoms with E-state index in [1.165, 1.54) is 29.6 Å². The van der Waals surface area contributed by atoms with Crippen molar-refractivity contribution in [2.75, 3.05) is 33.7 Å². The second-order valence-electron chi connectivity index (χ2n) is 5.71. The molecule has 1 aromatic carbocycles. The van der Waals surface area contributed by atoms with Gasteiger partial charge in [-0.25, -0.2) is 21.6 Å². The van der Waals surface area contributed by atoms with E-state index in [0.717, 1.165) is 13.0 Å². The van der Waals surface area contributed by atoms with Gasteiger partial charge in [0.25, 0.3) is 0 Å². The lowest BCUT2D eigenvalue weighted by molar-refractivity contribution is 0.451. The van der Waals surface area contributed by atoms with Crippen LogP contribution in [-0.4, -0.2) is 54.9 Å². The van der Waals surface area contributed by atoms with E-state index in [2.05, 4.69) is 10.0 Å². The van der Waals surface area contributed by atoms with Gasteiger partial charge in [-0.1, -0.05) is 0 Å².